The Morgan fingerprint density at radius 1 is 1.33 bits per heavy atom. The maximum Gasteiger partial charge on any atom is 0.214 e. The van der Waals surface area contributed by atoms with Crippen molar-refractivity contribution in [3.63, 3.8) is 0 Å². The van der Waals surface area contributed by atoms with E-state index in [1.54, 1.807) is 19.2 Å². The molecule has 2 heterocycles. The van der Waals surface area contributed by atoms with Crippen LogP contribution in [-0.4, -0.2) is 70.8 Å². The zero-order valence-corrected chi connectivity index (χ0v) is 15.1. The third-order valence-electron chi connectivity index (χ3n) is 4.43. The summed E-state index contributed by atoms with van der Waals surface area (Å²) in [4.78, 5) is 0. The van der Waals surface area contributed by atoms with Gasteiger partial charge in [0.2, 0.25) is 10.0 Å². The van der Waals surface area contributed by atoms with Gasteiger partial charge in [0, 0.05) is 6.54 Å². The molecule has 0 aliphatic carbocycles. The van der Waals surface area contributed by atoms with Gasteiger partial charge in [-0.15, -0.1) is 0 Å². The van der Waals surface area contributed by atoms with Crippen LogP contribution in [0.25, 0.3) is 0 Å². The van der Waals surface area contributed by atoms with Crippen molar-refractivity contribution in [1.82, 2.24) is 4.31 Å². The molecule has 7 nitrogen and oxygen atoms in total. The van der Waals surface area contributed by atoms with Crippen molar-refractivity contribution in [2.75, 3.05) is 37.5 Å². The molecule has 0 radical (unpaired) electrons. The molecule has 0 spiro atoms. The Morgan fingerprint density at radius 2 is 2.12 bits per heavy atom. The van der Waals surface area contributed by atoms with E-state index in [4.69, 9.17) is 9.47 Å². The first-order valence-electron chi connectivity index (χ1n) is 7.75. The third kappa shape index (κ3) is 3.74. The minimum Gasteiger partial charge on any atom is -0.497 e. The van der Waals surface area contributed by atoms with Crippen LogP contribution in [0, 0.1) is 0 Å². The lowest BCUT2D eigenvalue weighted by Crippen LogP contribution is -2.53. The maximum absolute atomic E-state index is 12.7. The summed E-state index contributed by atoms with van der Waals surface area (Å²) in [6.07, 6.45) is -0.198. The molecule has 24 heavy (non-hydrogen) atoms. The molecule has 0 aromatic heterocycles. The molecule has 134 valence electrons. The molecule has 2 saturated heterocycles. The van der Waals surface area contributed by atoms with E-state index >= 15 is 0 Å². The number of morpholine rings is 1. The average molecular weight is 375 g/mol. The predicted octanol–water partition coefficient (Wildman–Crippen LogP) is 0.0653. The zero-order valence-electron chi connectivity index (χ0n) is 13.4. The van der Waals surface area contributed by atoms with Crippen LogP contribution in [0.1, 0.15) is 5.56 Å². The minimum absolute atomic E-state index is 0.0660. The number of sulfone groups is 1. The Kier molecular flexibility index (Phi) is 4.87. The molecule has 0 saturated carbocycles. The summed E-state index contributed by atoms with van der Waals surface area (Å²) in [5, 5.41) is 0. The van der Waals surface area contributed by atoms with E-state index in [9.17, 15) is 16.8 Å². The number of fused-ring (bicyclic) bond motifs is 1. The van der Waals surface area contributed by atoms with E-state index in [2.05, 4.69) is 0 Å². The van der Waals surface area contributed by atoms with Crippen LogP contribution in [0.4, 0.5) is 0 Å². The summed E-state index contributed by atoms with van der Waals surface area (Å²) in [6.45, 7) is 0.437. The lowest BCUT2D eigenvalue weighted by atomic mass is 10.2. The minimum atomic E-state index is -3.56. The largest absolute Gasteiger partial charge is 0.497 e. The van der Waals surface area contributed by atoms with Crippen molar-refractivity contribution in [1.29, 1.82) is 0 Å². The molecule has 2 atom stereocenters. The van der Waals surface area contributed by atoms with E-state index < -0.39 is 32.0 Å². The number of nitrogens with zero attached hydrogens (tertiary/aromatic N) is 1. The normalized spacial score (nSPS) is 26.9. The highest BCUT2D eigenvalue weighted by Crippen LogP contribution is 2.27. The fraction of sp³-hybridized carbons (Fsp3) is 0.600. The number of aryl methyl sites for hydroxylation is 1. The van der Waals surface area contributed by atoms with E-state index in [1.807, 2.05) is 12.1 Å². The van der Waals surface area contributed by atoms with E-state index in [1.165, 1.54) is 4.31 Å². The Hall–Kier alpha value is -1.16. The Labute approximate surface area is 142 Å². The van der Waals surface area contributed by atoms with Crippen molar-refractivity contribution in [2.45, 2.75) is 18.6 Å². The van der Waals surface area contributed by atoms with Gasteiger partial charge in [-0.25, -0.2) is 16.8 Å². The van der Waals surface area contributed by atoms with Crippen LogP contribution in [0.3, 0.4) is 0 Å². The maximum atomic E-state index is 12.7. The van der Waals surface area contributed by atoms with Gasteiger partial charge in [-0.05, 0) is 24.1 Å². The van der Waals surface area contributed by atoms with Gasteiger partial charge in [0.1, 0.15) is 5.75 Å². The molecule has 1 aromatic rings. The predicted molar refractivity (Wildman–Crippen MR) is 89.4 cm³/mol. The first kappa shape index (κ1) is 17.7. The zero-order chi connectivity index (χ0) is 17.4. The number of methoxy groups -OCH3 is 1. The van der Waals surface area contributed by atoms with Crippen LogP contribution >= 0.6 is 0 Å². The van der Waals surface area contributed by atoms with Gasteiger partial charge < -0.3 is 9.47 Å². The second kappa shape index (κ2) is 6.62. The molecule has 9 heteroatoms. The first-order valence-corrected chi connectivity index (χ1v) is 11.2. The van der Waals surface area contributed by atoms with Gasteiger partial charge in [0.25, 0.3) is 0 Å². The molecule has 0 bridgehead atoms. The van der Waals surface area contributed by atoms with Crippen LogP contribution in [0.15, 0.2) is 24.3 Å². The summed E-state index contributed by atoms with van der Waals surface area (Å²) in [6, 6.07) is 6.67. The van der Waals surface area contributed by atoms with Crippen molar-refractivity contribution >= 4 is 19.9 Å². The molecule has 2 aliphatic heterocycles. The van der Waals surface area contributed by atoms with E-state index in [0.29, 0.717) is 12.2 Å². The van der Waals surface area contributed by atoms with Gasteiger partial charge in [-0.3, -0.25) is 0 Å². The molecular formula is C15H21NO6S2. The molecule has 2 aliphatic rings. The summed E-state index contributed by atoms with van der Waals surface area (Å²) >= 11 is 0. The van der Waals surface area contributed by atoms with Crippen molar-refractivity contribution in [2.24, 2.45) is 0 Å². The highest BCUT2D eigenvalue weighted by Gasteiger charge is 2.47. The summed E-state index contributed by atoms with van der Waals surface area (Å²) in [5.74, 6) is 0.359. The molecule has 3 rings (SSSR count). The number of hydrogen-bond acceptors (Lipinski definition) is 6. The van der Waals surface area contributed by atoms with Crippen molar-refractivity contribution in [3.8, 4) is 5.75 Å². The SMILES string of the molecule is COc1cccc(CCS(=O)(=O)N2CCOC3CS(=O)(=O)CC32)c1. The molecule has 0 amide bonds. The van der Waals surface area contributed by atoms with E-state index in [0.717, 1.165) is 5.56 Å². The van der Waals surface area contributed by atoms with Gasteiger partial charge in [-0.2, -0.15) is 4.31 Å². The number of sulfonamides is 1. The standard InChI is InChI=1S/C15H21NO6S2/c1-21-13-4-2-3-12(9-13)5-8-24(19,20)16-6-7-22-15-11-23(17,18)10-14(15)16/h2-4,9,14-15H,5-8,10-11H2,1H3. The molecule has 0 N–H and O–H groups in total. The van der Waals surface area contributed by atoms with Crippen molar-refractivity contribution < 1.29 is 26.3 Å². The summed E-state index contributed by atoms with van der Waals surface area (Å²) < 4.78 is 60.9. The second-order valence-electron chi connectivity index (χ2n) is 6.08. The van der Waals surface area contributed by atoms with Gasteiger partial charge in [0.15, 0.2) is 9.84 Å². The second-order valence-corrected chi connectivity index (χ2v) is 10.3. The smallest absolute Gasteiger partial charge is 0.214 e. The average Bonchev–Trinajstić information content (AvgIpc) is 2.86. The topological polar surface area (TPSA) is 90.0 Å². The molecule has 2 unspecified atom stereocenters. The third-order valence-corrected chi connectivity index (χ3v) is 8.00. The summed E-state index contributed by atoms with van der Waals surface area (Å²) in [7, 11) is -5.24. The first-order chi connectivity index (χ1) is 11.3. The molecule has 2 fully saturated rings. The summed E-state index contributed by atoms with van der Waals surface area (Å²) in [5.41, 5.74) is 0.863. The number of hydrogen-bond donors (Lipinski definition) is 0. The fourth-order valence-corrected chi connectivity index (χ4v) is 6.89. The van der Waals surface area contributed by atoms with Gasteiger partial charge in [0.05, 0.1) is 43.1 Å². The van der Waals surface area contributed by atoms with Crippen LogP contribution in [0.5, 0.6) is 5.75 Å². The van der Waals surface area contributed by atoms with Gasteiger partial charge in [-0.1, -0.05) is 12.1 Å². The van der Waals surface area contributed by atoms with Crippen LogP contribution in [0.2, 0.25) is 0 Å². The monoisotopic (exact) mass is 375 g/mol. The quantitative estimate of drug-likeness (QED) is 0.723. The lowest BCUT2D eigenvalue weighted by Gasteiger charge is -2.35. The Bertz CT molecular complexity index is 805. The van der Waals surface area contributed by atoms with Gasteiger partial charge >= 0.3 is 0 Å². The van der Waals surface area contributed by atoms with E-state index in [-0.39, 0.29) is 30.4 Å². The lowest BCUT2D eigenvalue weighted by molar-refractivity contribution is -0.0141. The van der Waals surface area contributed by atoms with Crippen LogP contribution in [-0.2, 0) is 31.0 Å². The Morgan fingerprint density at radius 3 is 2.88 bits per heavy atom. The fourth-order valence-electron chi connectivity index (χ4n) is 3.22. The van der Waals surface area contributed by atoms with Crippen molar-refractivity contribution in [3.05, 3.63) is 29.8 Å². The number of ether oxygens (including phenoxy) is 2. The molecular weight excluding hydrogens is 354 g/mol. The Balaban J connectivity index is 1.72. The highest BCUT2D eigenvalue weighted by molar-refractivity contribution is 7.92. The van der Waals surface area contributed by atoms with Crippen LogP contribution < -0.4 is 4.74 Å². The highest BCUT2D eigenvalue weighted by atomic mass is 32.2. The number of rotatable bonds is 5. The molecule has 1 aromatic carbocycles. The number of benzene rings is 1.